The summed E-state index contributed by atoms with van der Waals surface area (Å²) < 4.78 is 12.7. The van der Waals surface area contributed by atoms with Crippen molar-refractivity contribution in [3.8, 4) is 0 Å². The Labute approximate surface area is 79.5 Å². The number of halogens is 1. The van der Waals surface area contributed by atoms with Gasteiger partial charge in [-0.05, 0) is 24.1 Å². The largest absolute Gasteiger partial charge is 0.299 e. The summed E-state index contributed by atoms with van der Waals surface area (Å²) >= 11 is 0. The Bertz CT molecular complexity index is 299. The van der Waals surface area contributed by atoms with Crippen molar-refractivity contribution >= 4 is 15.0 Å². The molecule has 1 atom stereocenters. The molecule has 70 valence electrons. The van der Waals surface area contributed by atoms with Crippen LogP contribution in [0.15, 0.2) is 24.3 Å². The van der Waals surface area contributed by atoms with E-state index in [2.05, 4.69) is 9.24 Å². The first-order valence-corrected chi connectivity index (χ1v) is 5.00. The molecule has 0 aromatic heterocycles. The SMILES string of the molecule is O=C(CP)CCc1cccc(F)c1. The molecular weight excluding hydrogens is 186 g/mol. The van der Waals surface area contributed by atoms with E-state index in [9.17, 15) is 9.18 Å². The van der Waals surface area contributed by atoms with Crippen molar-refractivity contribution in [1.29, 1.82) is 0 Å². The van der Waals surface area contributed by atoms with Crippen LogP contribution in [0.3, 0.4) is 0 Å². The summed E-state index contributed by atoms with van der Waals surface area (Å²) in [5, 5.41) is 0. The number of hydrogen-bond acceptors (Lipinski definition) is 1. The maximum Gasteiger partial charge on any atom is 0.136 e. The highest BCUT2D eigenvalue weighted by Gasteiger charge is 2.00. The lowest BCUT2D eigenvalue weighted by atomic mass is 10.1. The van der Waals surface area contributed by atoms with E-state index in [0.717, 1.165) is 5.56 Å². The van der Waals surface area contributed by atoms with E-state index in [4.69, 9.17) is 0 Å². The third-order valence-corrected chi connectivity index (χ3v) is 2.26. The number of hydrogen-bond donors (Lipinski definition) is 0. The summed E-state index contributed by atoms with van der Waals surface area (Å²) in [6.07, 6.45) is 1.60. The monoisotopic (exact) mass is 198 g/mol. The van der Waals surface area contributed by atoms with Gasteiger partial charge in [-0.2, -0.15) is 0 Å². The summed E-state index contributed by atoms with van der Waals surface area (Å²) in [5.41, 5.74) is 0.881. The van der Waals surface area contributed by atoms with Crippen LogP contribution in [0.5, 0.6) is 0 Å². The Kier molecular flexibility index (Phi) is 4.04. The second kappa shape index (κ2) is 5.08. The van der Waals surface area contributed by atoms with Crippen molar-refractivity contribution in [1.82, 2.24) is 0 Å². The average Bonchev–Trinajstić information content (AvgIpc) is 2.14. The molecule has 13 heavy (non-hydrogen) atoms. The van der Waals surface area contributed by atoms with Gasteiger partial charge in [0.05, 0.1) is 0 Å². The molecule has 0 heterocycles. The van der Waals surface area contributed by atoms with Crippen LogP contribution >= 0.6 is 9.24 Å². The van der Waals surface area contributed by atoms with E-state index in [-0.39, 0.29) is 11.6 Å². The van der Waals surface area contributed by atoms with Gasteiger partial charge in [0, 0.05) is 12.6 Å². The van der Waals surface area contributed by atoms with Crippen LogP contribution in [0.4, 0.5) is 4.39 Å². The summed E-state index contributed by atoms with van der Waals surface area (Å²) in [7, 11) is 2.39. The van der Waals surface area contributed by atoms with Crippen LogP contribution < -0.4 is 0 Å². The zero-order valence-electron chi connectivity index (χ0n) is 7.29. The number of benzene rings is 1. The van der Waals surface area contributed by atoms with Crippen molar-refractivity contribution in [2.45, 2.75) is 12.8 Å². The normalized spacial score (nSPS) is 10.0. The Balaban J connectivity index is 2.50. The minimum absolute atomic E-state index is 0.189. The van der Waals surface area contributed by atoms with Crippen LogP contribution in [-0.2, 0) is 11.2 Å². The van der Waals surface area contributed by atoms with Gasteiger partial charge in [0.25, 0.3) is 0 Å². The van der Waals surface area contributed by atoms with Crippen molar-refractivity contribution in [2.75, 3.05) is 6.16 Å². The van der Waals surface area contributed by atoms with Gasteiger partial charge < -0.3 is 0 Å². The molecule has 3 heteroatoms. The minimum atomic E-state index is -0.240. The van der Waals surface area contributed by atoms with Crippen molar-refractivity contribution in [3.63, 3.8) is 0 Å². The van der Waals surface area contributed by atoms with Crippen LogP contribution in [-0.4, -0.2) is 11.9 Å². The lowest BCUT2D eigenvalue weighted by molar-refractivity contribution is -0.116. The van der Waals surface area contributed by atoms with Gasteiger partial charge in [0.2, 0.25) is 0 Å². The zero-order valence-corrected chi connectivity index (χ0v) is 8.45. The Morgan fingerprint density at radius 3 is 2.85 bits per heavy atom. The fourth-order valence-electron chi connectivity index (χ4n) is 1.08. The van der Waals surface area contributed by atoms with E-state index >= 15 is 0 Å². The molecule has 0 aliphatic carbocycles. The minimum Gasteiger partial charge on any atom is -0.299 e. The second-order valence-electron chi connectivity index (χ2n) is 2.87. The van der Waals surface area contributed by atoms with E-state index in [1.165, 1.54) is 12.1 Å². The Hall–Kier alpha value is -0.750. The Morgan fingerprint density at radius 2 is 2.23 bits per heavy atom. The van der Waals surface area contributed by atoms with Crippen LogP contribution in [0.2, 0.25) is 0 Å². The standard InChI is InChI=1S/C10H12FOP/c11-9-3-1-2-8(6-9)4-5-10(12)7-13/h1-3,6H,4-5,7,13H2. The van der Waals surface area contributed by atoms with Gasteiger partial charge in [-0.25, -0.2) is 4.39 Å². The first-order valence-electron chi connectivity index (χ1n) is 4.18. The fourth-order valence-corrected chi connectivity index (χ4v) is 1.28. The van der Waals surface area contributed by atoms with E-state index in [0.29, 0.717) is 19.0 Å². The lowest BCUT2D eigenvalue weighted by Gasteiger charge is -1.99. The lowest BCUT2D eigenvalue weighted by Crippen LogP contribution is -2.00. The van der Waals surface area contributed by atoms with Crippen molar-refractivity contribution in [2.24, 2.45) is 0 Å². The van der Waals surface area contributed by atoms with Crippen LogP contribution in [0.25, 0.3) is 0 Å². The third-order valence-electron chi connectivity index (χ3n) is 1.81. The Morgan fingerprint density at radius 1 is 1.46 bits per heavy atom. The zero-order chi connectivity index (χ0) is 9.68. The van der Waals surface area contributed by atoms with Gasteiger partial charge in [-0.15, -0.1) is 9.24 Å². The highest BCUT2D eigenvalue weighted by Crippen LogP contribution is 2.06. The van der Waals surface area contributed by atoms with Crippen LogP contribution in [0.1, 0.15) is 12.0 Å². The van der Waals surface area contributed by atoms with Gasteiger partial charge in [0.15, 0.2) is 0 Å². The van der Waals surface area contributed by atoms with Crippen molar-refractivity contribution in [3.05, 3.63) is 35.6 Å². The predicted octanol–water partition coefficient (Wildman–Crippen LogP) is 2.20. The predicted molar refractivity (Wildman–Crippen MR) is 54.3 cm³/mol. The highest BCUT2D eigenvalue weighted by molar-refractivity contribution is 7.18. The van der Waals surface area contributed by atoms with E-state index in [1.54, 1.807) is 6.07 Å². The summed E-state index contributed by atoms with van der Waals surface area (Å²) in [5.74, 6) is -0.0508. The molecule has 0 N–H and O–H groups in total. The van der Waals surface area contributed by atoms with Crippen molar-refractivity contribution < 1.29 is 9.18 Å². The molecule has 1 aromatic rings. The smallest absolute Gasteiger partial charge is 0.136 e. The van der Waals surface area contributed by atoms with Gasteiger partial charge in [0.1, 0.15) is 11.6 Å². The molecule has 1 rings (SSSR count). The number of carbonyl (C=O) groups excluding carboxylic acids is 1. The molecule has 1 aromatic carbocycles. The number of carbonyl (C=O) groups is 1. The average molecular weight is 198 g/mol. The van der Waals surface area contributed by atoms with Gasteiger partial charge in [-0.1, -0.05) is 12.1 Å². The molecule has 1 unspecified atom stereocenters. The third kappa shape index (κ3) is 3.65. The number of Topliss-reactive ketones (excluding diaryl/α,β-unsaturated/α-hetero) is 1. The van der Waals surface area contributed by atoms with E-state index < -0.39 is 0 Å². The molecule has 0 aliphatic rings. The van der Waals surface area contributed by atoms with Gasteiger partial charge in [-0.3, -0.25) is 4.79 Å². The first kappa shape index (κ1) is 10.3. The first-order chi connectivity index (χ1) is 6.22. The summed E-state index contributed by atoms with van der Waals surface area (Å²) in [6.45, 7) is 0. The summed E-state index contributed by atoms with van der Waals surface area (Å²) in [6, 6.07) is 6.37. The topological polar surface area (TPSA) is 17.1 Å². The molecule has 0 amide bonds. The molecule has 0 saturated carbocycles. The van der Waals surface area contributed by atoms with Crippen LogP contribution in [0, 0.1) is 5.82 Å². The molecule has 0 aliphatic heterocycles. The highest BCUT2D eigenvalue weighted by atomic mass is 31.0. The molecule has 0 bridgehead atoms. The number of ketones is 1. The second-order valence-corrected chi connectivity index (χ2v) is 3.28. The molecule has 0 fully saturated rings. The quantitative estimate of drug-likeness (QED) is 0.678. The maximum absolute atomic E-state index is 12.7. The maximum atomic E-state index is 12.7. The molecule has 0 saturated heterocycles. The number of rotatable bonds is 4. The fraction of sp³-hybridized carbons (Fsp3) is 0.300. The summed E-state index contributed by atoms with van der Waals surface area (Å²) in [4.78, 5) is 11.0. The molecular formula is C10H12FOP. The van der Waals surface area contributed by atoms with E-state index in [1.807, 2.05) is 6.07 Å². The molecule has 0 radical (unpaired) electrons. The molecule has 1 nitrogen and oxygen atoms in total. The number of aryl methyl sites for hydroxylation is 1. The van der Waals surface area contributed by atoms with Gasteiger partial charge >= 0.3 is 0 Å². The molecule has 0 spiro atoms.